The van der Waals surface area contributed by atoms with Gasteiger partial charge in [-0.15, -0.1) is 0 Å². The molecule has 0 aliphatic rings. The number of rotatable bonds is 12. The number of methoxy groups -OCH3 is 2. The summed E-state index contributed by atoms with van der Waals surface area (Å²) in [6.07, 6.45) is 0. The molecule has 7 aromatic rings. The van der Waals surface area contributed by atoms with Gasteiger partial charge in [0, 0.05) is 11.1 Å². The first-order valence-corrected chi connectivity index (χ1v) is 19.5. The molecule has 22 heteroatoms. The predicted molar refractivity (Wildman–Crippen MR) is 204 cm³/mol. The summed E-state index contributed by atoms with van der Waals surface area (Å²) in [6, 6.07) is 15.3. The van der Waals surface area contributed by atoms with E-state index in [9.17, 15) is 35.1 Å². The Kier molecular flexibility index (Phi) is 13.4. The van der Waals surface area contributed by atoms with Gasteiger partial charge in [-0.05, 0) is 23.3 Å². The Morgan fingerprint density at radius 1 is 0.303 bits per heavy atom. The van der Waals surface area contributed by atoms with Gasteiger partial charge in [-0.3, -0.25) is 0 Å². The number of halogens is 16. The van der Waals surface area contributed by atoms with E-state index in [0.29, 0.717) is 14.2 Å². The van der Waals surface area contributed by atoms with Crippen LogP contribution >= 0.6 is 23.5 Å². The van der Waals surface area contributed by atoms with E-state index in [2.05, 4.69) is 9.47 Å². The monoisotopic (exact) mass is 978 g/mol. The van der Waals surface area contributed by atoms with Crippen molar-refractivity contribution in [3.05, 3.63) is 166 Å². The van der Waals surface area contributed by atoms with Crippen molar-refractivity contribution >= 4 is 23.5 Å². The third-order valence-corrected chi connectivity index (χ3v) is 11.5. The molecule has 0 aliphatic heterocycles. The van der Waals surface area contributed by atoms with Gasteiger partial charge in [0.25, 0.3) is 0 Å². The highest BCUT2D eigenvalue weighted by Crippen LogP contribution is 2.49. The Morgan fingerprint density at radius 3 is 0.758 bits per heavy atom. The van der Waals surface area contributed by atoms with Gasteiger partial charge >= 0.3 is 0 Å². The predicted octanol–water partition coefficient (Wildman–Crippen LogP) is 15.2. The largest absolute Gasteiger partial charge is 0.491 e. The van der Waals surface area contributed by atoms with Gasteiger partial charge in [-0.25, -0.2) is 35.1 Å². The van der Waals surface area contributed by atoms with Crippen LogP contribution in [0.25, 0.3) is 22.3 Å². The molecule has 0 aliphatic carbocycles. The summed E-state index contributed by atoms with van der Waals surface area (Å²) in [5.41, 5.74) is -0.790. The SMILES string of the molecule is COc1c(F)c(F)c(Sc2c(F)c(F)c(Oc3cc(-c4ccccc4)c(Oc4c(F)c(F)c(Sc5c(F)c(F)c(OC)c(F)c5F)c(F)c4F)cc3-c3ccccc3)c(F)c2F)c(F)c1F. The minimum absolute atomic E-state index is 0.00605. The summed E-state index contributed by atoms with van der Waals surface area (Å²) in [5, 5.41) is 0. The Balaban J connectivity index is 1.36. The van der Waals surface area contributed by atoms with Gasteiger partial charge < -0.3 is 18.9 Å². The first-order chi connectivity index (χ1) is 31.3. The van der Waals surface area contributed by atoms with Crippen LogP contribution in [0.5, 0.6) is 34.5 Å². The summed E-state index contributed by atoms with van der Waals surface area (Å²) in [5.74, 6) is -44.8. The van der Waals surface area contributed by atoms with Crippen molar-refractivity contribution in [1.29, 1.82) is 0 Å². The molecular formula is C44H18F16O4S2. The molecule has 0 unspecified atom stereocenters. The lowest BCUT2D eigenvalue weighted by atomic mass is 9.97. The van der Waals surface area contributed by atoms with Crippen LogP contribution in [0.4, 0.5) is 70.2 Å². The number of hydrogen-bond acceptors (Lipinski definition) is 6. The zero-order valence-corrected chi connectivity index (χ0v) is 34.1. The number of ether oxygens (including phenoxy) is 4. The smallest absolute Gasteiger partial charge is 0.205 e. The molecule has 7 aromatic carbocycles. The summed E-state index contributed by atoms with van der Waals surface area (Å²) in [4.78, 5) is -7.19. The summed E-state index contributed by atoms with van der Waals surface area (Å²) in [7, 11) is 1.28. The van der Waals surface area contributed by atoms with Crippen LogP contribution in [0, 0.1) is 93.1 Å². The summed E-state index contributed by atoms with van der Waals surface area (Å²) >= 11 is -1.55. The maximum Gasteiger partial charge on any atom is 0.205 e. The second kappa shape index (κ2) is 18.7. The Bertz CT molecular complexity index is 2760. The summed E-state index contributed by atoms with van der Waals surface area (Å²) in [6.45, 7) is 0. The standard InChI is InChI=1S/C44H18F16O4S2/c1-61-37-21(45)29(53)41(30(54)22(37)46)65-43-33(57)25(49)39(26(50)34(43)58)63-19-13-18(16-11-7-4-8-12-16)20(14-17(19)15-9-5-3-6-10-15)64-40-27(51)35(59)44(36(60)28(40)52)66-42-31(55)23(47)38(62-2)24(48)32(42)56/h3-14H,1-2H3. The van der Waals surface area contributed by atoms with E-state index in [1.165, 1.54) is 60.7 Å². The van der Waals surface area contributed by atoms with E-state index in [4.69, 9.17) is 9.47 Å². The molecule has 0 bridgehead atoms. The fourth-order valence-corrected chi connectivity index (χ4v) is 7.94. The van der Waals surface area contributed by atoms with Crippen LogP contribution < -0.4 is 18.9 Å². The van der Waals surface area contributed by atoms with Gasteiger partial charge in [-0.1, -0.05) is 84.2 Å². The minimum atomic E-state index is -2.38. The van der Waals surface area contributed by atoms with Crippen molar-refractivity contribution in [1.82, 2.24) is 0 Å². The van der Waals surface area contributed by atoms with E-state index in [1.54, 1.807) is 0 Å². The molecular weight excluding hydrogens is 961 g/mol. The van der Waals surface area contributed by atoms with E-state index in [1.807, 2.05) is 0 Å². The highest BCUT2D eigenvalue weighted by atomic mass is 32.2. The molecule has 0 saturated heterocycles. The second-order valence-electron chi connectivity index (χ2n) is 13.0. The molecule has 0 fully saturated rings. The van der Waals surface area contributed by atoms with Crippen LogP contribution in [0.2, 0.25) is 0 Å². The maximum absolute atomic E-state index is 15.8. The van der Waals surface area contributed by atoms with Crippen molar-refractivity contribution in [2.24, 2.45) is 0 Å². The maximum atomic E-state index is 15.8. The van der Waals surface area contributed by atoms with Crippen LogP contribution in [-0.4, -0.2) is 14.2 Å². The van der Waals surface area contributed by atoms with E-state index in [-0.39, 0.29) is 22.3 Å². The van der Waals surface area contributed by atoms with Crippen LogP contribution in [0.1, 0.15) is 0 Å². The van der Waals surface area contributed by atoms with E-state index >= 15 is 35.1 Å². The van der Waals surface area contributed by atoms with Gasteiger partial charge in [0.1, 0.15) is 11.5 Å². The van der Waals surface area contributed by atoms with Crippen molar-refractivity contribution in [3.63, 3.8) is 0 Å². The lowest BCUT2D eigenvalue weighted by Crippen LogP contribution is -2.07. The second-order valence-corrected chi connectivity index (χ2v) is 15.1. The third kappa shape index (κ3) is 8.15. The Labute approximate surface area is 368 Å². The van der Waals surface area contributed by atoms with Crippen LogP contribution in [-0.2, 0) is 0 Å². The third-order valence-electron chi connectivity index (χ3n) is 9.22. The average Bonchev–Trinajstić information content (AvgIpc) is 3.32. The van der Waals surface area contributed by atoms with E-state index < -0.39 is 171 Å². The zero-order chi connectivity index (χ0) is 48.0. The molecule has 0 amide bonds. The average molecular weight is 979 g/mol. The van der Waals surface area contributed by atoms with Gasteiger partial charge in [0.2, 0.25) is 58.0 Å². The van der Waals surface area contributed by atoms with Gasteiger partial charge in [-0.2, -0.15) is 35.1 Å². The fourth-order valence-electron chi connectivity index (χ4n) is 6.10. The molecule has 0 radical (unpaired) electrons. The molecule has 0 spiro atoms. The van der Waals surface area contributed by atoms with E-state index in [0.717, 1.165) is 12.1 Å². The first kappa shape index (κ1) is 47.3. The van der Waals surface area contributed by atoms with Crippen LogP contribution in [0.15, 0.2) is 92.4 Å². The zero-order valence-electron chi connectivity index (χ0n) is 32.4. The molecule has 66 heavy (non-hydrogen) atoms. The first-order valence-electron chi connectivity index (χ1n) is 17.9. The molecule has 0 heterocycles. The van der Waals surface area contributed by atoms with Crippen molar-refractivity contribution in [3.8, 4) is 56.8 Å². The normalized spacial score (nSPS) is 11.3. The highest BCUT2D eigenvalue weighted by molar-refractivity contribution is 7.99. The van der Waals surface area contributed by atoms with Gasteiger partial charge in [0.15, 0.2) is 58.0 Å². The lowest BCUT2D eigenvalue weighted by molar-refractivity contribution is 0.323. The molecule has 0 aromatic heterocycles. The molecule has 4 nitrogen and oxygen atoms in total. The Morgan fingerprint density at radius 2 is 0.530 bits per heavy atom. The molecule has 0 N–H and O–H groups in total. The summed E-state index contributed by atoms with van der Waals surface area (Å²) < 4.78 is 261. The molecule has 7 rings (SSSR count). The highest BCUT2D eigenvalue weighted by Gasteiger charge is 2.35. The van der Waals surface area contributed by atoms with Crippen LogP contribution in [0.3, 0.4) is 0 Å². The minimum Gasteiger partial charge on any atom is -0.491 e. The van der Waals surface area contributed by atoms with Crippen molar-refractivity contribution in [2.75, 3.05) is 14.2 Å². The quantitative estimate of drug-likeness (QED) is 0.0897. The lowest BCUT2D eigenvalue weighted by Gasteiger charge is -2.20. The number of hydrogen-bond donors (Lipinski definition) is 0. The molecule has 342 valence electrons. The van der Waals surface area contributed by atoms with Crippen molar-refractivity contribution in [2.45, 2.75) is 19.6 Å². The van der Waals surface area contributed by atoms with Crippen molar-refractivity contribution < 1.29 is 89.2 Å². The topological polar surface area (TPSA) is 36.9 Å². The molecule has 0 atom stereocenters. The molecule has 0 saturated carbocycles. The Hall–Kier alpha value is -6.68. The van der Waals surface area contributed by atoms with Gasteiger partial charge in [0.05, 0.1) is 33.8 Å². The fraction of sp³-hybridized carbons (Fsp3) is 0.0455. The number of benzene rings is 7.